The highest BCUT2D eigenvalue weighted by Crippen LogP contribution is 2.39. The molecule has 1 aliphatic heterocycles. The van der Waals surface area contributed by atoms with Crippen molar-refractivity contribution in [2.24, 2.45) is 0 Å². The van der Waals surface area contributed by atoms with Crippen LogP contribution in [0.1, 0.15) is 19.7 Å². The molecule has 17 heavy (non-hydrogen) atoms. The maximum atomic E-state index is 13.8. The van der Waals surface area contributed by atoms with E-state index in [2.05, 4.69) is 15.5 Å². The van der Waals surface area contributed by atoms with Crippen LogP contribution in [0.5, 0.6) is 5.75 Å². The molecule has 1 aliphatic rings. The fraction of sp³-hybridized carbons (Fsp3) is 0.300. The molecule has 0 unspecified atom stereocenters. The number of rotatable bonds is 0. The first-order valence-corrected chi connectivity index (χ1v) is 5.06. The lowest BCUT2D eigenvalue weighted by molar-refractivity contribution is 0.0797. The summed E-state index contributed by atoms with van der Waals surface area (Å²) < 4.78 is 20.8. The second-order valence-corrected chi connectivity index (χ2v) is 4.38. The Morgan fingerprint density at radius 2 is 2.18 bits per heavy atom. The highest BCUT2D eigenvalue weighted by atomic mass is 19.1. The van der Waals surface area contributed by atoms with Crippen LogP contribution in [-0.4, -0.2) is 20.2 Å². The minimum absolute atomic E-state index is 0.115. The van der Waals surface area contributed by atoms with Crippen molar-refractivity contribution in [3.8, 4) is 11.4 Å². The van der Waals surface area contributed by atoms with E-state index in [1.54, 1.807) is 19.9 Å². The van der Waals surface area contributed by atoms with Crippen molar-refractivity contribution in [2.75, 3.05) is 5.73 Å². The second-order valence-electron chi connectivity index (χ2n) is 4.38. The summed E-state index contributed by atoms with van der Waals surface area (Å²) in [5, 5.41) is 11.3. The first kappa shape index (κ1) is 10.0. The van der Waals surface area contributed by atoms with Gasteiger partial charge in [-0.05, 0) is 30.3 Å². The van der Waals surface area contributed by atoms with Crippen molar-refractivity contribution >= 4 is 5.69 Å². The lowest BCUT2D eigenvalue weighted by atomic mass is 10.1. The van der Waals surface area contributed by atoms with Gasteiger partial charge in [0, 0.05) is 11.8 Å². The van der Waals surface area contributed by atoms with Crippen LogP contribution in [0.4, 0.5) is 10.1 Å². The number of tetrazole rings is 1. The summed E-state index contributed by atoms with van der Waals surface area (Å²) in [4.78, 5) is 0. The Morgan fingerprint density at radius 3 is 2.94 bits per heavy atom. The van der Waals surface area contributed by atoms with Gasteiger partial charge in [0.25, 0.3) is 0 Å². The molecule has 3 rings (SSSR count). The number of fused-ring (bicyclic) bond motifs is 3. The molecule has 0 spiro atoms. The molecule has 6 nitrogen and oxygen atoms in total. The Bertz CT molecular complexity index is 607. The van der Waals surface area contributed by atoms with Gasteiger partial charge in [0.2, 0.25) is 0 Å². The smallest absolute Gasteiger partial charge is 0.199 e. The van der Waals surface area contributed by atoms with Gasteiger partial charge >= 0.3 is 0 Å². The lowest BCUT2D eigenvalue weighted by Gasteiger charge is -2.31. The summed E-state index contributed by atoms with van der Waals surface area (Å²) in [5.74, 6) is 0.105. The van der Waals surface area contributed by atoms with Crippen molar-refractivity contribution in [2.45, 2.75) is 19.4 Å². The Morgan fingerprint density at radius 1 is 1.41 bits per heavy atom. The predicted octanol–water partition coefficient (Wildman–Crippen LogP) is 1.01. The van der Waals surface area contributed by atoms with Gasteiger partial charge in [0.1, 0.15) is 5.69 Å². The van der Waals surface area contributed by atoms with Gasteiger partial charge in [-0.15, -0.1) is 5.10 Å². The van der Waals surface area contributed by atoms with Gasteiger partial charge in [-0.2, -0.15) is 4.68 Å². The monoisotopic (exact) mass is 235 g/mol. The molecular weight excluding hydrogens is 225 g/mol. The number of nitrogens with two attached hydrogens (primary N) is 1. The van der Waals surface area contributed by atoms with Crippen LogP contribution in [0, 0.1) is 5.82 Å². The van der Waals surface area contributed by atoms with Crippen molar-refractivity contribution in [3.05, 3.63) is 23.8 Å². The summed E-state index contributed by atoms with van der Waals surface area (Å²) in [6.45, 7) is 3.54. The number of ether oxygens (including phenoxy) is 1. The molecule has 1 aromatic heterocycles. The zero-order valence-electron chi connectivity index (χ0n) is 9.31. The molecule has 0 atom stereocenters. The number of hydrogen-bond acceptors (Lipinski definition) is 5. The molecule has 7 heteroatoms. The maximum Gasteiger partial charge on any atom is 0.199 e. The van der Waals surface area contributed by atoms with E-state index in [4.69, 9.17) is 10.5 Å². The molecule has 0 aliphatic carbocycles. The highest BCUT2D eigenvalue weighted by molar-refractivity contribution is 5.58. The van der Waals surface area contributed by atoms with Gasteiger partial charge in [0.15, 0.2) is 23.0 Å². The molecule has 0 radical (unpaired) electrons. The SMILES string of the molecule is CC1(C)Oc2c(F)cc(N)cc2-n2nnnc21. The Kier molecular flexibility index (Phi) is 1.73. The van der Waals surface area contributed by atoms with E-state index < -0.39 is 11.4 Å². The van der Waals surface area contributed by atoms with E-state index in [0.717, 1.165) is 0 Å². The largest absolute Gasteiger partial charge is 0.474 e. The quantitative estimate of drug-likeness (QED) is 0.689. The number of anilines is 1. The number of benzene rings is 1. The molecule has 2 aromatic rings. The third kappa shape index (κ3) is 1.28. The number of nitrogen functional groups attached to an aromatic ring is 1. The third-order valence-corrected chi connectivity index (χ3v) is 2.64. The van der Waals surface area contributed by atoms with E-state index in [9.17, 15) is 4.39 Å². The summed E-state index contributed by atoms with van der Waals surface area (Å²) in [6, 6.07) is 2.79. The normalized spacial score (nSPS) is 15.9. The first-order chi connectivity index (χ1) is 7.99. The molecule has 0 saturated carbocycles. The van der Waals surface area contributed by atoms with Crippen molar-refractivity contribution in [3.63, 3.8) is 0 Å². The molecule has 0 amide bonds. The van der Waals surface area contributed by atoms with E-state index in [-0.39, 0.29) is 5.75 Å². The number of nitrogens with zero attached hydrogens (tertiary/aromatic N) is 4. The highest BCUT2D eigenvalue weighted by Gasteiger charge is 2.37. The first-order valence-electron chi connectivity index (χ1n) is 5.06. The molecular formula is C10H10FN5O. The van der Waals surface area contributed by atoms with Gasteiger partial charge in [0.05, 0.1) is 0 Å². The van der Waals surface area contributed by atoms with Crippen LogP contribution < -0.4 is 10.5 Å². The number of halogens is 1. The standard InChI is InChI=1S/C10H10FN5O/c1-10(2)9-13-14-15-16(9)7-4-5(12)3-6(11)8(7)17-10/h3-4H,12H2,1-2H3. The number of hydrogen-bond donors (Lipinski definition) is 1. The topological polar surface area (TPSA) is 78.9 Å². The third-order valence-electron chi connectivity index (χ3n) is 2.64. The minimum atomic E-state index is -0.784. The fourth-order valence-electron chi connectivity index (χ4n) is 1.88. The summed E-state index contributed by atoms with van der Waals surface area (Å²) in [5.41, 5.74) is 5.53. The molecule has 0 bridgehead atoms. The zero-order valence-corrected chi connectivity index (χ0v) is 9.31. The molecule has 2 heterocycles. The molecule has 88 valence electrons. The van der Waals surface area contributed by atoms with Crippen molar-refractivity contribution in [1.82, 2.24) is 20.2 Å². The van der Waals surface area contributed by atoms with E-state index in [0.29, 0.717) is 17.2 Å². The van der Waals surface area contributed by atoms with E-state index >= 15 is 0 Å². The second kappa shape index (κ2) is 2.93. The Balaban J connectivity index is 2.35. The Hall–Kier alpha value is -2.18. The summed E-state index contributed by atoms with van der Waals surface area (Å²) in [6.07, 6.45) is 0. The van der Waals surface area contributed by atoms with Crippen LogP contribution >= 0.6 is 0 Å². The average molecular weight is 235 g/mol. The van der Waals surface area contributed by atoms with Gasteiger partial charge in [-0.1, -0.05) is 0 Å². The molecule has 0 fully saturated rings. The van der Waals surface area contributed by atoms with Crippen LogP contribution in [0.15, 0.2) is 12.1 Å². The van der Waals surface area contributed by atoms with Crippen molar-refractivity contribution in [1.29, 1.82) is 0 Å². The average Bonchev–Trinajstić information content (AvgIpc) is 2.70. The maximum absolute atomic E-state index is 13.8. The van der Waals surface area contributed by atoms with Gasteiger partial charge in [-0.25, -0.2) is 4.39 Å². The summed E-state index contributed by atoms with van der Waals surface area (Å²) >= 11 is 0. The van der Waals surface area contributed by atoms with Gasteiger partial charge in [-0.3, -0.25) is 0 Å². The molecule has 0 saturated heterocycles. The van der Waals surface area contributed by atoms with Crippen LogP contribution in [0.25, 0.3) is 5.69 Å². The van der Waals surface area contributed by atoms with E-state index in [1.165, 1.54) is 10.7 Å². The zero-order chi connectivity index (χ0) is 12.2. The minimum Gasteiger partial charge on any atom is -0.474 e. The van der Waals surface area contributed by atoms with E-state index in [1.807, 2.05) is 0 Å². The fourth-order valence-corrected chi connectivity index (χ4v) is 1.88. The molecule has 2 N–H and O–H groups in total. The van der Waals surface area contributed by atoms with Crippen LogP contribution in [0.3, 0.4) is 0 Å². The predicted molar refractivity (Wildman–Crippen MR) is 57.2 cm³/mol. The van der Waals surface area contributed by atoms with Gasteiger partial charge < -0.3 is 10.5 Å². The number of aromatic nitrogens is 4. The lowest BCUT2D eigenvalue weighted by Crippen LogP contribution is -2.34. The Labute approximate surface area is 96.2 Å². The van der Waals surface area contributed by atoms with Crippen molar-refractivity contribution < 1.29 is 9.13 Å². The van der Waals surface area contributed by atoms with Crippen LogP contribution in [-0.2, 0) is 5.60 Å². The molecule has 1 aromatic carbocycles. The summed E-state index contributed by atoms with van der Waals surface area (Å²) in [7, 11) is 0. The van der Waals surface area contributed by atoms with Crippen LogP contribution in [0.2, 0.25) is 0 Å².